The first-order valence-electron chi connectivity index (χ1n) is 10.6. The predicted molar refractivity (Wildman–Crippen MR) is 117 cm³/mol. The zero-order valence-corrected chi connectivity index (χ0v) is 18.1. The number of hydrogen-bond acceptors (Lipinski definition) is 4. The first-order valence-corrected chi connectivity index (χ1v) is 10.6. The maximum Gasteiger partial charge on any atom is 0.343 e. The summed E-state index contributed by atoms with van der Waals surface area (Å²) in [6.07, 6.45) is 5.38. The van der Waals surface area contributed by atoms with Crippen molar-refractivity contribution in [2.24, 2.45) is 5.92 Å². The maximum absolute atomic E-state index is 12.1. The highest BCUT2D eigenvalue weighted by Gasteiger charge is 2.19. The van der Waals surface area contributed by atoms with Gasteiger partial charge in [0.2, 0.25) is 0 Å². The fourth-order valence-corrected chi connectivity index (χ4v) is 2.60. The third kappa shape index (κ3) is 9.14. The minimum atomic E-state index is -0.361. The monoisotopic (exact) mass is 398 g/mol. The molecule has 0 bridgehead atoms. The molecule has 1 aliphatic heterocycles. The second kappa shape index (κ2) is 12.3. The van der Waals surface area contributed by atoms with E-state index in [4.69, 9.17) is 14.2 Å². The van der Waals surface area contributed by atoms with Crippen molar-refractivity contribution in [1.29, 1.82) is 0 Å². The lowest BCUT2D eigenvalue weighted by Crippen LogP contribution is -2.08. The Bertz CT molecular complexity index is 717. The van der Waals surface area contributed by atoms with Crippen LogP contribution in [0.2, 0.25) is 0 Å². The first kappa shape index (κ1) is 23.0. The van der Waals surface area contributed by atoms with E-state index < -0.39 is 0 Å². The van der Waals surface area contributed by atoms with Gasteiger partial charge in [-0.05, 0) is 62.1 Å². The van der Waals surface area contributed by atoms with Crippen molar-refractivity contribution in [3.63, 3.8) is 0 Å². The molecule has 1 saturated heterocycles. The van der Waals surface area contributed by atoms with Gasteiger partial charge in [0.25, 0.3) is 0 Å². The van der Waals surface area contributed by atoms with Crippen LogP contribution >= 0.6 is 0 Å². The molecule has 2 unspecified atom stereocenters. The van der Waals surface area contributed by atoms with Crippen LogP contribution in [0, 0.1) is 12.8 Å². The summed E-state index contributed by atoms with van der Waals surface area (Å²) in [6, 6.07) is 14.5. The molecule has 0 aromatic heterocycles. The molecule has 2 atom stereocenters. The summed E-state index contributed by atoms with van der Waals surface area (Å²) in [5.41, 5.74) is 1.64. The van der Waals surface area contributed by atoms with E-state index in [1.54, 1.807) is 24.3 Å². The summed E-state index contributed by atoms with van der Waals surface area (Å²) < 4.78 is 16.0. The van der Waals surface area contributed by atoms with E-state index in [0.717, 1.165) is 30.8 Å². The Labute approximate surface area is 175 Å². The molecule has 1 heterocycles. The van der Waals surface area contributed by atoms with E-state index in [1.165, 1.54) is 12.8 Å². The lowest BCUT2D eigenvalue weighted by Gasteiger charge is -2.10. The summed E-state index contributed by atoms with van der Waals surface area (Å²) in [6.45, 7) is 10.3. The Kier molecular flexibility index (Phi) is 9.72. The predicted octanol–water partition coefficient (Wildman–Crippen LogP) is 6.21. The summed E-state index contributed by atoms with van der Waals surface area (Å²) in [5, 5.41) is 0. The van der Waals surface area contributed by atoms with Crippen LogP contribution in [0.1, 0.15) is 62.4 Å². The molecule has 2 aromatic rings. The highest BCUT2D eigenvalue weighted by Crippen LogP contribution is 2.17. The van der Waals surface area contributed by atoms with Crippen LogP contribution in [0.15, 0.2) is 48.5 Å². The van der Waals surface area contributed by atoms with Crippen LogP contribution in [-0.4, -0.2) is 25.3 Å². The Morgan fingerprint density at radius 3 is 2.21 bits per heavy atom. The molecule has 3 rings (SSSR count). The number of aryl methyl sites for hydroxylation is 1. The van der Waals surface area contributed by atoms with Gasteiger partial charge in [-0.3, -0.25) is 0 Å². The number of benzene rings is 2. The van der Waals surface area contributed by atoms with E-state index in [9.17, 15) is 4.79 Å². The summed E-state index contributed by atoms with van der Waals surface area (Å²) in [7, 11) is 0. The first-order chi connectivity index (χ1) is 14.0. The molecule has 4 nitrogen and oxygen atoms in total. The van der Waals surface area contributed by atoms with Gasteiger partial charge in [0.1, 0.15) is 11.5 Å². The van der Waals surface area contributed by atoms with Crippen molar-refractivity contribution >= 4 is 5.97 Å². The second-order valence-electron chi connectivity index (χ2n) is 7.62. The highest BCUT2D eigenvalue weighted by atomic mass is 16.6. The third-order valence-electron chi connectivity index (χ3n) is 4.91. The minimum Gasteiger partial charge on any atom is -0.494 e. The van der Waals surface area contributed by atoms with E-state index in [2.05, 4.69) is 20.8 Å². The molecule has 1 fully saturated rings. The van der Waals surface area contributed by atoms with Crippen LogP contribution in [0.5, 0.6) is 11.5 Å². The minimum absolute atomic E-state index is 0.361. The Hall–Kier alpha value is -2.33. The number of carbonyl (C=O) groups is 1. The van der Waals surface area contributed by atoms with Crippen LogP contribution in [0.25, 0.3) is 0 Å². The van der Waals surface area contributed by atoms with Gasteiger partial charge in [-0.2, -0.15) is 0 Å². The standard InChI is InChI=1S/C20H24O3.C5H10O/c1-4-15(2)13-14-22-18-11-7-17(8-12-18)20(21)23-19-9-5-16(3)6-10-19;1-2-3-5-4-6-5/h5-12,15H,4,13-14H2,1-3H3;5H,2-4H2,1H3. The smallest absolute Gasteiger partial charge is 0.343 e. The molecule has 4 heteroatoms. The average Bonchev–Trinajstić information content (AvgIpc) is 3.55. The van der Waals surface area contributed by atoms with Gasteiger partial charge in [0.15, 0.2) is 0 Å². The molecule has 0 radical (unpaired) electrons. The number of ether oxygens (including phenoxy) is 3. The number of hydrogen-bond donors (Lipinski definition) is 0. The maximum atomic E-state index is 12.1. The van der Waals surface area contributed by atoms with Crippen molar-refractivity contribution < 1.29 is 19.0 Å². The van der Waals surface area contributed by atoms with Gasteiger partial charge < -0.3 is 14.2 Å². The quantitative estimate of drug-likeness (QED) is 0.286. The fourth-order valence-electron chi connectivity index (χ4n) is 2.60. The molecular formula is C25H34O4. The van der Waals surface area contributed by atoms with Crippen molar-refractivity contribution in [2.75, 3.05) is 13.2 Å². The fraction of sp³-hybridized carbons (Fsp3) is 0.480. The van der Waals surface area contributed by atoms with Crippen LogP contribution in [0.3, 0.4) is 0 Å². The van der Waals surface area contributed by atoms with Crippen molar-refractivity contribution in [3.05, 3.63) is 59.7 Å². The topological polar surface area (TPSA) is 48.1 Å². The molecule has 0 amide bonds. The molecule has 1 aliphatic rings. The Morgan fingerprint density at radius 2 is 1.69 bits per heavy atom. The third-order valence-corrected chi connectivity index (χ3v) is 4.91. The van der Waals surface area contributed by atoms with Crippen LogP contribution < -0.4 is 9.47 Å². The van der Waals surface area contributed by atoms with E-state index in [-0.39, 0.29) is 5.97 Å². The number of esters is 1. The number of rotatable bonds is 9. The van der Waals surface area contributed by atoms with Gasteiger partial charge in [-0.1, -0.05) is 51.3 Å². The molecule has 0 spiro atoms. The van der Waals surface area contributed by atoms with Gasteiger partial charge in [-0.25, -0.2) is 4.79 Å². The normalized spacial score (nSPS) is 15.7. The summed E-state index contributed by atoms with van der Waals surface area (Å²) >= 11 is 0. The van der Waals surface area contributed by atoms with Crippen molar-refractivity contribution in [3.8, 4) is 11.5 Å². The van der Waals surface area contributed by atoms with Crippen LogP contribution in [-0.2, 0) is 4.74 Å². The summed E-state index contributed by atoms with van der Waals surface area (Å²) in [4.78, 5) is 12.1. The lowest BCUT2D eigenvalue weighted by atomic mass is 10.1. The van der Waals surface area contributed by atoms with Gasteiger partial charge in [0.05, 0.1) is 24.9 Å². The van der Waals surface area contributed by atoms with Gasteiger partial charge in [0, 0.05) is 0 Å². The zero-order chi connectivity index (χ0) is 21.1. The van der Waals surface area contributed by atoms with Crippen molar-refractivity contribution in [1.82, 2.24) is 0 Å². The highest BCUT2D eigenvalue weighted by molar-refractivity contribution is 5.91. The van der Waals surface area contributed by atoms with Crippen LogP contribution in [0.4, 0.5) is 0 Å². The Morgan fingerprint density at radius 1 is 1.07 bits per heavy atom. The van der Waals surface area contributed by atoms with Gasteiger partial charge in [-0.15, -0.1) is 0 Å². The molecule has 158 valence electrons. The molecular weight excluding hydrogens is 364 g/mol. The zero-order valence-electron chi connectivity index (χ0n) is 18.1. The SMILES string of the molecule is CCC(C)CCOc1ccc(C(=O)Oc2ccc(C)cc2)cc1.CCCC1CO1. The number of carbonyl (C=O) groups excluding carboxylic acids is 1. The molecule has 2 aromatic carbocycles. The number of epoxide rings is 1. The van der Waals surface area contributed by atoms with Crippen molar-refractivity contribution in [2.45, 2.75) is 59.5 Å². The van der Waals surface area contributed by atoms with E-state index in [0.29, 0.717) is 29.9 Å². The van der Waals surface area contributed by atoms with Gasteiger partial charge >= 0.3 is 5.97 Å². The molecule has 0 saturated carbocycles. The Balaban J connectivity index is 0.000000426. The van der Waals surface area contributed by atoms with E-state index in [1.807, 2.05) is 31.2 Å². The average molecular weight is 399 g/mol. The molecule has 0 aliphatic carbocycles. The largest absolute Gasteiger partial charge is 0.494 e. The van der Waals surface area contributed by atoms with E-state index >= 15 is 0 Å². The molecule has 0 N–H and O–H groups in total. The molecule has 29 heavy (non-hydrogen) atoms. The lowest BCUT2D eigenvalue weighted by molar-refractivity contribution is 0.0734. The second-order valence-corrected chi connectivity index (χ2v) is 7.62. The summed E-state index contributed by atoms with van der Waals surface area (Å²) in [5.74, 6) is 1.63.